The van der Waals surface area contributed by atoms with Gasteiger partial charge in [0, 0.05) is 12.1 Å². The summed E-state index contributed by atoms with van der Waals surface area (Å²) in [5.74, 6) is 0. The number of nitrogens with zero attached hydrogens (tertiary/aromatic N) is 1. The van der Waals surface area contributed by atoms with Crippen LogP contribution in [0.3, 0.4) is 0 Å². The van der Waals surface area contributed by atoms with E-state index in [0.717, 1.165) is 32.4 Å². The Kier molecular flexibility index (Phi) is 3.97. The Morgan fingerprint density at radius 2 is 1.88 bits per heavy atom. The van der Waals surface area contributed by atoms with Crippen molar-refractivity contribution in [3.05, 3.63) is 35.9 Å². The lowest BCUT2D eigenvalue weighted by atomic mass is 10.0. The van der Waals surface area contributed by atoms with Crippen molar-refractivity contribution in [3.63, 3.8) is 0 Å². The normalized spacial score (nSPS) is 20.9. The van der Waals surface area contributed by atoms with Crippen LogP contribution in [0.2, 0.25) is 0 Å². The van der Waals surface area contributed by atoms with Gasteiger partial charge in [-0.2, -0.15) is 0 Å². The zero-order chi connectivity index (χ0) is 11.4. The van der Waals surface area contributed by atoms with E-state index in [1.165, 1.54) is 5.56 Å². The average molecular weight is 218 g/mol. The van der Waals surface area contributed by atoms with E-state index in [1.807, 2.05) is 0 Å². The van der Waals surface area contributed by atoms with Crippen molar-refractivity contribution >= 4 is 0 Å². The molecule has 0 amide bonds. The minimum atomic E-state index is 0.431. The van der Waals surface area contributed by atoms with Gasteiger partial charge < -0.3 is 10.6 Å². The largest absolute Gasteiger partial charge is 0.328 e. The third kappa shape index (κ3) is 3.06. The number of piperidine rings is 1. The number of likely N-dealkylation sites (tertiary alicyclic amines) is 1. The molecule has 1 heterocycles. The van der Waals surface area contributed by atoms with Gasteiger partial charge in [-0.05, 0) is 44.8 Å². The van der Waals surface area contributed by atoms with Gasteiger partial charge in [0.1, 0.15) is 0 Å². The molecule has 0 radical (unpaired) electrons. The minimum absolute atomic E-state index is 0.431. The first-order chi connectivity index (χ1) is 7.75. The molecule has 1 aliphatic heterocycles. The van der Waals surface area contributed by atoms with Crippen molar-refractivity contribution in [1.82, 2.24) is 4.90 Å². The Bertz CT molecular complexity index is 302. The second-order valence-electron chi connectivity index (χ2n) is 4.91. The van der Waals surface area contributed by atoms with Crippen molar-refractivity contribution < 1.29 is 0 Å². The van der Waals surface area contributed by atoms with Gasteiger partial charge in [0.05, 0.1) is 0 Å². The smallest absolute Gasteiger partial charge is 0.0107 e. The van der Waals surface area contributed by atoms with Crippen LogP contribution in [0.5, 0.6) is 0 Å². The van der Waals surface area contributed by atoms with E-state index < -0.39 is 0 Å². The summed E-state index contributed by atoms with van der Waals surface area (Å²) in [5, 5.41) is 0. The van der Waals surface area contributed by atoms with Crippen molar-refractivity contribution in [1.29, 1.82) is 0 Å². The third-order valence-corrected chi connectivity index (χ3v) is 3.57. The van der Waals surface area contributed by atoms with E-state index in [9.17, 15) is 0 Å². The molecule has 0 bridgehead atoms. The maximum Gasteiger partial charge on any atom is 0.0107 e. The van der Waals surface area contributed by atoms with Gasteiger partial charge in [-0.3, -0.25) is 0 Å². The Morgan fingerprint density at radius 1 is 1.25 bits per heavy atom. The van der Waals surface area contributed by atoms with Gasteiger partial charge in [-0.15, -0.1) is 0 Å². The fourth-order valence-corrected chi connectivity index (χ4v) is 2.44. The molecule has 0 aromatic heterocycles. The molecule has 2 nitrogen and oxygen atoms in total. The first-order valence-electron chi connectivity index (χ1n) is 6.29. The highest BCUT2D eigenvalue weighted by atomic mass is 15.2. The Morgan fingerprint density at radius 3 is 2.50 bits per heavy atom. The third-order valence-electron chi connectivity index (χ3n) is 3.57. The highest BCUT2D eigenvalue weighted by Crippen LogP contribution is 2.14. The predicted molar refractivity (Wildman–Crippen MR) is 68.4 cm³/mol. The topological polar surface area (TPSA) is 29.3 Å². The molecular weight excluding hydrogens is 196 g/mol. The lowest BCUT2D eigenvalue weighted by molar-refractivity contribution is 0.162. The summed E-state index contributed by atoms with van der Waals surface area (Å²) in [6.07, 6.45) is 3.45. The second-order valence-corrected chi connectivity index (χ2v) is 4.91. The molecule has 0 aliphatic carbocycles. The first-order valence-corrected chi connectivity index (χ1v) is 6.29. The van der Waals surface area contributed by atoms with E-state index in [2.05, 4.69) is 42.2 Å². The van der Waals surface area contributed by atoms with Gasteiger partial charge in [0.25, 0.3) is 0 Å². The van der Waals surface area contributed by atoms with Crippen LogP contribution >= 0.6 is 0 Å². The summed E-state index contributed by atoms with van der Waals surface area (Å²) in [6.45, 7) is 4.65. The highest BCUT2D eigenvalue weighted by molar-refractivity contribution is 5.15. The molecule has 2 N–H and O–H groups in total. The molecule has 2 heteroatoms. The van der Waals surface area contributed by atoms with Gasteiger partial charge in [-0.1, -0.05) is 30.3 Å². The molecule has 2 rings (SSSR count). The summed E-state index contributed by atoms with van der Waals surface area (Å²) in [5.41, 5.74) is 7.36. The Labute approximate surface area is 98.4 Å². The fraction of sp³-hybridized carbons (Fsp3) is 0.571. The summed E-state index contributed by atoms with van der Waals surface area (Å²) in [7, 11) is 0. The van der Waals surface area contributed by atoms with Crippen LogP contribution in [0.15, 0.2) is 30.3 Å². The van der Waals surface area contributed by atoms with E-state index in [1.54, 1.807) is 0 Å². The fourth-order valence-electron chi connectivity index (χ4n) is 2.44. The SMILES string of the molecule is C[C@H](Cc1ccccc1)N1CCC(N)CC1. The molecule has 1 fully saturated rings. The molecular formula is C14H22N2. The monoisotopic (exact) mass is 218 g/mol. The van der Waals surface area contributed by atoms with E-state index >= 15 is 0 Å². The van der Waals surface area contributed by atoms with Crippen molar-refractivity contribution in [2.45, 2.75) is 38.3 Å². The maximum absolute atomic E-state index is 5.92. The molecule has 1 aliphatic rings. The number of rotatable bonds is 3. The molecule has 0 spiro atoms. The molecule has 0 unspecified atom stereocenters. The van der Waals surface area contributed by atoms with Crippen LogP contribution < -0.4 is 5.73 Å². The average Bonchev–Trinajstić information content (AvgIpc) is 2.31. The highest BCUT2D eigenvalue weighted by Gasteiger charge is 2.20. The summed E-state index contributed by atoms with van der Waals surface area (Å²) >= 11 is 0. The number of hydrogen-bond acceptors (Lipinski definition) is 2. The summed E-state index contributed by atoms with van der Waals surface area (Å²) in [6, 6.07) is 11.8. The summed E-state index contributed by atoms with van der Waals surface area (Å²) in [4.78, 5) is 2.57. The molecule has 1 aromatic rings. The molecule has 1 atom stereocenters. The van der Waals surface area contributed by atoms with Crippen LogP contribution in [0, 0.1) is 0 Å². The second kappa shape index (κ2) is 5.46. The number of hydrogen-bond donors (Lipinski definition) is 1. The van der Waals surface area contributed by atoms with Crippen molar-refractivity contribution in [3.8, 4) is 0 Å². The Hall–Kier alpha value is -0.860. The minimum Gasteiger partial charge on any atom is -0.328 e. The van der Waals surface area contributed by atoms with Crippen LogP contribution in [-0.4, -0.2) is 30.1 Å². The number of nitrogens with two attached hydrogens (primary N) is 1. The van der Waals surface area contributed by atoms with E-state index in [0.29, 0.717) is 12.1 Å². The van der Waals surface area contributed by atoms with Crippen molar-refractivity contribution in [2.24, 2.45) is 5.73 Å². The van der Waals surface area contributed by atoms with Crippen LogP contribution in [-0.2, 0) is 6.42 Å². The number of benzene rings is 1. The van der Waals surface area contributed by atoms with Crippen LogP contribution in [0.1, 0.15) is 25.3 Å². The molecule has 16 heavy (non-hydrogen) atoms. The maximum atomic E-state index is 5.92. The Balaban J connectivity index is 1.86. The van der Waals surface area contributed by atoms with Crippen molar-refractivity contribution in [2.75, 3.05) is 13.1 Å². The van der Waals surface area contributed by atoms with Crippen LogP contribution in [0.25, 0.3) is 0 Å². The zero-order valence-electron chi connectivity index (χ0n) is 10.1. The summed E-state index contributed by atoms with van der Waals surface area (Å²) < 4.78 is 0. The van der Waals surface area contributed by atoms with Gasteiger partial charge in [0.15, 0.2) is 0 Å². The quantitative estimate of drug-likeness (QED) is 0.841. The van der Waals surface area contributed by atoms with Gasteiger partial charge in [-0.25, -0.2) is 0 Å². The molecule has 88 valence electrons. The molecule has 1 saturated heterocycles. The van der Waals surface area contributed by atoms with Gasteiger partial charge in [0.2, 0.25) is 0 Å². The lowest BCUT2D eigenvalue weighted by Gasteiger charge is -2.34. The molecule has 0 saturated carbocycles. The first kappa shape index (κ1) is 11.6. The molecule has 1 aromatic carbocycles. The van der Waals surface area contributed by atoms with Crippen LogP contribution in [0.4, 0.5) is 0 Å². The van der Waals surface area contributed by atoms with Gasteiger partial charge >= 0.3 is 0 Å². The standard InChI is InChI=1S/C14H22N2/c1-12(11-13-5-3-2-4-6-13)16-9-7-14(15)8-10-16/h2-6,12,14H,7-11,15H2,1H3/t12-/m1/s1. The zero-order valence-corrected chi connectivity index (χ0v) is 10.1. The van der Waals surface area contributed by atoms with E-state index in [4.69, 9.17) is 5.73 Å². The van der Waals surface area contributed by atoms with E-state index in [-0.39, 0.29) is 0 Å². The predicted octanol–water partition coefficient (Wildman–Crippen LogP) is 2.04. The lowest BCUT2D eigenvalue weighted by Crippen LogP contribution is -2.44.